The van der Waals surface area contributed by atoms with Gasteiger partial charge in [-0.1, -0.05) is 6.07 Å². The van der Waals surface area contributed by atoms with Gasteiger partial charge in [0.15, 0.2) is 0 Å². The molecule has 0 aliphatic carbocycles. The topological polar surface area (TPSA) is 116 Å². The SMILES string of the molecule is CCOC(=O)c1cnn(-c2ccc(NC(=O)c3cccc([N+](=O)[O-])c3)cc2)c1C. The number of esters is 1. The van der Waals surface area contributed by atoms with Gasteiger partial charge in [0.2, 0.25) is 0 Å². The predicted octanol–water partition coefficient (Wildman–Crippen LogP) is 3.52. The second-order valence-corrected chi connectivity index (χ2v) is 6.08. The third-order valence-corrected chi connectivity index (χ3v) is 4.19. The van der Waals surface area contributed by atoms with Crippen LogP contribution in [0.1, 0.15) is 33.3 Å². The fourth-order valence-corrected chi connectivity index (χ4v) is 2.73. The number of nitro groups is 1. The number of carbonyl (C=O) groups excluding carboxylic acids is 2. The number of anilines is 1. The first kappa shape index (κ1) is 19.7. The Balaban J connectivity index is 1.76. The van der Waals surface area contributed by atoms with Crippen LogP contribution in [0.4, 0.5) is 11.4 Å². The summed E-state index contributed by atoms with van der Waals surface area (Å²) in [5.41, 5.74) is 2.27. The zero-order chi connectivity index (χ0) is 21.0. The number of amides is 1. The number of nitro benzene ring substituents is 1. The van der Waals surface area contributed by atoms with Crippen molar-refractivity contribution in [3.05, 3.63) is 81.7 Å². The normalized spacial score (nSPS) is 10.4. The number of nitrogens with one attached hydrogen (secondary N) is 1. The molecule has 1 heterocycles. The molecule has 0 aliphatic heterocycles. The van der Waals surface area contributed by atoms with Crippen molar-refractivity contribution >= 4 is 23.3 Å². The zero-order valence-electron chi connectivity index (χ0n) is 15.8. The van der Waals surface area contributed by atoms with E-state index in [1.165, 1.54) is 30.5 Å². The lowest BCUT2D eigenvalue weighted by Gasteiger charge is -2.08. The Morgan fingerprint density at radius 2 is 1.93 bits per heavy atom. The first-order valence-electron chi connectivity index (χ1n) is 8.78. The molecule has 0 unspecified atom stereocenters. The maximum atomic E-state index is 12.3. The second kappa shape index (κ2) is 8.34. The van der Waals surface area contributed by atoms with Gasteiger partial charge in [-0.05, 0) is 44.2 Å². The third kappa shape index (κ3) is 4.29. The smallest absolute Gasteiger partial charge is 0.341 e. The van der Waals surface area contributed by atoms with Crippen LogP contribution >= 0.6 is 0 Å². The van der Waals surface area contributed by atoms with Crippen molar-refractivity contribution < 1.29 is 19.2 Å². The minimum atomic E-state index is -0.553. The summed E-state index contributed by atoms with van der Waals surface area (Å²) in [4.78, 5) is 34.6. The Labute approximate surface area is 166 Å². The van der Waals surface area contributed by atoms with E-state index >= 15 is 0 Å². The van der Waals surface area contributed by atoms with Crippen molar-refractivity contribution in [2.45, 2.75) is 13.8 Å². The fourth-order valence-electron chi connectivity index (χ4n) is 2.73. The lowest BCUT2D eigenvalue weighted by atomic mass is 10.2. The van der Waals surface area contributed by atoms with Crippen LogP contribution in [0, 0.1) is 17.0 Å². The summed E-state index contributed by atoms with van der Waals surface area (Å²) >= 11 is 0. The number of non-ortho nitro benzene ring substituents is 1. The maximum Gasteiger partial charge on any atom is 0.341 e. The molecule has 1 aromatic heterocycles. The molecule has 2 aromatic carbocycles. The molecular weight excluding hydrogens is 376 g/mol. The van der Waals surface area contributed by atoms with Gasteiger partial charge in [0.1, 0.15) is 5.56 Å². The molecular formula is C20H18N4O5. The van der Waals surface area contributed by atoms with Crippen molar-refractivity contribution in [2.75, 3.05) is 11.9 Å². The van der Waals surface area contributed by atoms with Gasteiger partial charge in [-0.3, -0.25) is 14.9 Å². The van der Waals surface area contributed by atoms with Crippen molar-refractivity contribution in [1.82, 2.24) is 9.78 Å². The number of hydrogen-bond donors (Lipinski definition) is 1. The van der Waals surface area contributed by atoms with Gasteiger partial charge < -0.3 is 10.1 Å². The molecule has 1 N–H and O–H groups in total. The average molecular weight is 394 g/mol. The number of carbonyl (C=O) groups is 2. The van der Waals surface area contributed by atoms with Crippen molar-refractivity contribution in [3.63, 3.8) is 0 Å². The highest BCUT2D eigenvalue weighted by atomic mass is 16.6. The molecule has 0 saturated carbocycles. The van der Waals surface area contributed by atoms with E-state index in [1.807, 2.05) is 0 Å². The predicted molar refractivity (Wildman–Crippen MR) is 105 cm³/mol. The summed E-state index contributed by atoms with van der Waals surface area (Å²) in [6.45, 7) is 3.78. The first-order chi connectivity index (χ1) is 13.9. The molecule has 0 fully saturated rings. The van der Waals surface area contributed by atoms with Gasteiger partial charge in [-0.2, -0.15) is 5.10 Å². The Morgan fingerprint density at radius 1 is 1.21 bits per heavy atom. The molecule has 0 atom stereocenters. The molecule has 0 radical (unpaired) electrons. The van der Waals surface area contributed by atoms with E-state index in [4.69, 9.17) is 4.74 Å². The van der Waals surface area contributed by atoms with Crippen LogP contribution in [0.2, 0.25) is 0 Å². The Morgan fingerprint density at radius 3 is 2.59 bits per heavy atom. The maximum absolute atomic E-state index is 12.3. The van der Waals surface area contributed by atoms with Crippen molar-refractivity contribution in [1.29, 1.82) is 0 Å². The van der Waals surface area contributed by atoms with Crippen LogP contribution in [0.25, 0.3) is 5.69 Å². The Kier molecular flexibility index (Phi) is 5.68. The van der Waals surface area contributed by atoms with Crippen LogP contribution in [-0.2, 0) is 4.74 Å². The zero-order valence-corrected chi connectivity index (χ0v) is 15.8. The van der Waals surface area contributed by atoms with E-state index in [2.05, 4.69) is 10.4 Å². The molecule has 0 bridgehead atoms. The number of nitrogens with zero attached hydrogens (tertiary/aromatic N) is 3. The summed E-state index contributed by atoms with van der Waals surface area (Å²) in [7, 11) is 0. The molecule has 148 valence electrons. The van der Waals surface area contributed by atoms with E-state index in [-0.39, 0.29) is 17.9 Å². The van der Waals surface area contributed by atoms with Crippen LogP contribution < -0.4 is 5.32 Å². The van der Waals surface area contributed by atoms with E-state index in [0.29, 0.717) is 22.6 Å². The Bertz CT molecular complexity index is 1070. The third-order valence-electron chi connectivity index (χ3n) is 4.19. The molecule has 9 heteroatoms. The second-order valence-electron chi connectivity index (χ2n) is 6.08. The minimum absolute atomic E-state index is 0.153. The lowest BCUT2D eigenvalue weighted by molar-refractivity contribution is -0.384. The van der Waals surface area contributed by atoms with E-state index in [1.54, 1.807) is 42.8 Å². The van der Waals surface area contributed by atoms with Gasteiger partial charge >= 0.3 is 5.97 Å². The summed E-state index contributed by atoms with van der Waals surface area (Å²) < 4.78 is 6.60. The van der Waals surface area contributed by atoms with Crippen LogP contribution in [0.5, 0.6) is 0 Å². The highest BCUT2D eigenvalue weighted by molar-refractivity contribution is 6.04. The van der Waals surface area contributed by atoms with Crippen LogP contribution in [-0.4, -0.2) is 33.2 Å². The molecule has 1 amide bonds. The minimum Gasteiger partial charge on any atom is -0.462 e. The summed E-state index contributed by atoms with van der Waals surface area (Å²) in [6, 6.07) is 12.3. The van der Waals surface area contributed by atoms with Crippen LogP contribution in [0.3, 0.4) is 0 Å². The molecule has 0 spiro atoms. The van der Waals surface area contributed by atoms with Gasteiger partial charge in [0.25, 0.3) is 11.6 Å². The lowest BCUT2D eigenvalue weighted by Crippen LogP contribution is -2.12. The number of benzene rings is 2. The Hall–Kier alpha value is -4.01. The van der Waals surface area contributed by atoms with E-state index in [9.17, 15) is 19.7 Å². The standard InChI is InChI=1S/C20H18N4O5/c1-3-29-20(26)18-12-21-23(13(18)2)16-9-7-15(8-10-16)22-19(25)14-5-4-6-17(11-14)24(27)28/h4-12H,3H2,1-2H3,(H,22,25). The number of rotatable bonds is 6. The average Bonchev–Trinajstić information content (AvgIpc) is 3.10. The van der Waals surface area contributed by atoms with E-state index in [0.717, 1.165) is 0 Å². The van der Waals surface area contributed by atoms with Crippen LogP contribution in [0.15, 0.2) is 54.7 Å². The molecule has 9 nitrogen and oxygen atoms in total. The van der Waals surface area contributed by atoms with Gasteiger partial charge in [0.05, 0.1) is 29.1 Å². The number of ether oxygens (including phenoxy) is 1. The molecule has 3 rings (SSSR count). The monoisotopic (exact) mass is 394 g/mol. The van der Waals surface area contributed by atoms with Gasteiger partial charge in [-0.25, -0.2) is 9.48 Å². The number of hydrogen-bond acceptors (Lipinski definition) is 6. The first-order valence-corrected chi connectivity index (χ1v) is 8.78. The quantitative estimate of drug-likeness (QED) is 0.388. The van der Waals surface area contributed by atoms with Crippen molar-refractivity contribution in [2.24, 2.45) is 0 Å². The molecule has 29 heavy (non-hydrogen) atoms. The van der Waals surface area contributed by atoms with E-state index < -0.39 is 16.8 Å². The van der Waals surface area contributed by atoms with Crippen molar-refractivity contribution in [3.8, 4) is 5.69 Å². The fraction of sp³-hybridized carbons (Fsp3) is 0.150. The summed E-state index contributed by atoms with van der Waals surface area (Å²) in [6.07, 6.45) is 1.45. The summed E-state index contributed by atoms with van der Waals surface area (Å²) in [5, 5.41) is 17.8. The molecule has 0 aliphatic rings. The largest absolute Gasteiger partial charge is 0.462 e. The number of aromatic nitrogens is 2. The highest BCUT2D eigenvalue weighted by Crippen LogP contribution is 2.19. The molecule has 3 aromatic rings. The van der Waals surface area contributed by atoms with Gasteiger partial charge in [0, 0.05) is 23.4 Å². The van der Waals surface area contributed by atoms with Gasteiger partial charge in [-0.15, -0.1) is 0 Å². The summed E-state index contributed by atoms with van der Waals surface area (Å²) in [5.74, 6) is -0.890. The highest BCUT2D eigenvalue weighted by Gasteiger charge is 2.16. The molecule has 0 saturated heterocycles.